The topological polar surface area (TPSA) is 23.6 Å². The number of likely N-dealkylation sites (tertiary alicyclic amines) is 2. The molecule has 0 N–H and O–H groups in total. The first-order chi connectivity index (χ1) is 13.1. The minimum absolute atomic E-state index is 0.170. The summed E-state index contributed by atoms with van der Waals surface area (Å²) in [5.41, 5.74) is 1.46. The molecule has 1 atom stereocenters. The lowest BCUT2D eigenvalue weighted by Gasteiger charge is -2.40. The van der Waals surface area contributed by atoms with Gasteiger partial charge in [-0.3, -0.25) is 9.69 Å². The molecule has 0 aromatic heterocycles. The lowest BCUT2D eigenvalue weighted by molar-refractivity contribution is -0.132. The molecule has 2 saturated heterocycles. The molecule has 1 aromatic carbocycles. The number of benzene rings is 1. The summed E-state index contributed by atoms with van der Waals surface area (Å²) in [7, 11) is 0. The normalized spacial score (nSPS) is 27.4. The Hall–Kier alpha value is -1.42. The lowest BCUT2D eigenvalue weighted by Crippen LogP contribution is -2.45. The molecule has 1 aliphatic carbocycles. The summed E-state index contributed by atoms with van der Waals surface area (Å²) >= 11 is 0. The molecule has 3 nitrogen and oxygen atoms in total. The highest BCUT2D eigenvalue weighted by Crippen LogP contribution is 2.40. The van der Waals surface area contributed by atoms with Gasteiger partial charge in [-0.25, -0.2) is 4.39 Å². The van der Waals surface area contributed by atoms with Gasteiger partial charge >= 0.3 is 0 Å². The monoisotopic (exact) mass is 372 g/mol. The van der Waals surface area contributed by atoms with E-state index in [4.69, 9.17) is 0 Å². The molecule has 2 aliphatic heterocycles. The molecular weight excluding hydrogens is 339 g/mol. The molecule has 2 heterocycles. The van der Waals surface area contributed by atoms with Crippen molar-refractivity contribution in [1.29, 1.82) is 0 Å². The summed E-state index contributed by atoms with van der Waals surface area (Å²) in [6.45, 7) is 4.94. The average Bonchev–Trinajstić information content (AvgIpc) is 3.08. The van der Waals surface area contributed by atoms with Gasteiger partial charge in [0.25, 0.3) is 0 Å². The molecule has 1 saturated carbocycles. The second-order valence-electron chi connectivity index (χ2n) is 9.21. The van der Waals surface area contributed by atoms with Crippen molar-refractivity contribution < 1.29 is 9.18 Å². The van der Waals surface area contributed by atoms with E-state index in [2.05, 4.69) is 9.80 Å². The van der Waals surface area contributed by atoms with Crippen LogP contribution in [0.3, 0.4) is 0 Å². The van der Waals surface area contributed by atoms with Crippen LogP contribution in [0.1, 0.15) is 63.4 Å². The maximum absolute atomic E-state index is 13.1. The Kier molecular flexibility index (Phi) is 5.82. The molecule has 3 fully saturated rings. The summed E-state index contributed by atoms with van der Waals surface area (Å²) in [5, 5.41) is 0. The van der Waals surface area contributed by atoms with Crippen LogP contribution in [-0.4, -0.2) is 41.9 Å². The molecule has 4 rings (SSSR count). The van der Waals surface area contributed by atoms with Gasteiger partial charge in [0.05, 0.1) is 0 Å². The van der Waals surface area contributed by atoms with Crippen LogP contribution in [-0.2, 0) is 11.3 Å². The number of halogens is 1. The van der Waals surface area contributed by atoms with Gasteiger partial charge in [-0.2, -0.15) is 0 Å². The molecular formula is C23H33FN2O. The molecule has 0 bridgehead atoms. The average molecular weight is 373 g/mol. The fraction of sp³-hybridized carbons (Fsp3) is 0.696. The summed E-state index contributed by atoms with van der Waals surface area (Å²) in [6.07, 6.45) is 10.8. The van der Waals surface area contributed by atoms with Crippen molar-refractivity contribution >= 4 is 5.91 Å². The van der Waals surface area contributed by atoms with Gasteiger partial charge in [-0.15, -0.1) is 0 Å². The van der Waals surface area contributed by atoms with E-state index < -0.39 is 0 Å². The van der Waals surface area contributed by atoms with Crippen LogP contribution in [0.5, 0.6) is 0 Å². The first kappa shape index (κ1) is 18.9. The largest absolute Gasteiger partial charge is 0.342 e. The predicted octanol–water partition coefficient (Wildman–Crippen LogP) is 4.61. The maximum Gasteiger partial charge on any atom is 0.222 e. The van der Waals surface area contributed by atoms with E-state index in [9.17, 15) is 9.18 Å². The standard InChI is InChI=1S/C23H33FN2O/c24-21-9-7-20(8-10-21)16-25-13-4-11-23(17-25)12-14-26(18-23)22(27)15-19-5-2-1-3-6-19/h7-10,19H,1-6,11-18H2. The molecule has 1 spiro atoms. The molecule has 0 radical (unpaired) electrons. The zero-order valence-electron chi connectivity index (χ0n) is 16.5. The van der Waals surface area contributed by atoms with Crippen LogP contribution in [0.25, 0.3) is 0 Å². The highest BCUT2D eigenvalue weighted by Gasteiger charge is 2.42. The van der Waals surface area contributed by atoms with Crippen molar-refractivity contribution in [1.82, 2.24) is 9.80 Å². The molecule has 27 heavy (non-hydrogen) atoms. The van der Waals surface area contributed by atoms with Gasteiger partial charge in [0.2, 0.25) is 5.91 Å². The quantitative estimate of drug-likeness (QED) is 0.770. The van der Waals surface area contributed by atoms with E-state index in [1.54, 1.807) is 12.1 Å². The minimum Gasteiger partial charge on any atom is -0.342 e. The van der Waals surface area contributed by atoms with Crippen molar-refractivity contribution in [3.05, 3.63) is 35.6 Å². The van der Waals surface area contributed by atoms with E-state index in [0.29, 0.717) is 11.8 Å². The van der Waals surface area contributed by atoms with Crippen LogP contribution in [0.2, 0.25) is 0 Å². The van der Waals surface area contributed by atoms with Crippen molar-refractivity contribution in [2.75, 3.05) is 26.2 Å². The number of rotatable bonds is 4. The smallest absolute Gasteiger partial charge is 0.222 e. The summed E-state index contributed by atoms with van der Waals surface area (Å²) < 4.78 is 13.1. The Balaban J connectivity index is 1.31. The van der Waals surface area contributed by atoms with Crippen LogP contribution in [0.15, 0.2) is 24.3 Å². The molecule has 1 unspecified atom stereocenters. The van der Waals surface area contributed by atoms with E-state index in [0.717, 1.165) is 45.6 Å². The molecule has 4 heteroatoms. The second-order valence-corrected chi connectivity index (χ2v) is 9.21. The summed E-state index contributed by atoms with van der Waals surface area (Å²) in [4.78, 5) is 17.5. The third-order valence-corrected chi connectivity index (χ3v) is 7.04. The third kappa shape index (κ3) is 4.71. The fourth-order valence-electron chi connectivity index (χ4n) is 5.54. The zero-order chi connectivity index (χ0) is 18.7. The molecule has 1 amide bonds. The van der Waals surface area contributed by atoms with Crippen molar-refractivity contribution in [2.45, 2.75) is 64.3 Å². The van der Waals surface area contributed by atoms with E-state index in [-0.39, 0.29) is 11.2 Å². The van der Waals surface area contributed by atoms with Crippen LogP contribution in [0.4, 0.5) is 4.39 Å². The fourth-order valence-corrected chi connectivity index (χ4v) is 5.54. The Morgan fingerprint density at radius 3 is 2.56 bits per heavy atom. The van der Waals surface area contributed by atoms with Crippen molar-refractivity contribution in [3.8, 4) is 0 Å². The molecule has 148 valence electrons. The Morgan fingerprint density at radius 2 is 1.78 bits per heavy atom. The number of piperidine rings is 1. The minimum atomic E-state index is -0.170. The number of carbonyl (C=O) groups excluding carboxylic acids is 1. The second kappa shape index (κ2) is 8.30. The van der Waals surface area contributed by atoms with Gasteiger partial charge in [-0.05, 0) is 62.3 Å². The van der Waals surface area contributed by atoms with E-state index in [1.807, 2.05) is 12.1 Å². The first-order valence-corrected chi connectivity index (χ1v) is 10.9. The number of carbonyl (C=O) groups is 1. The highest BCUT2D eigenvalue weighted by molar-refractivity contribution is 5.76. The third-order valence-electron chi connectivity index (χ3n) is 7.04. The Labute approximate surface area is 162 Å². The van der Waals surface area contributed by atoms with Crippen LogP contribution < -0.4 is 0 Å². The van der Waals surface area contributed by atoms with E-state index in [1.165, 1.54) is 50.5 Å². The predicted molar refractivity (Wildman–Crippen MR) is 106 cm³/mol. The van der Waals surface area contributed by atoms with Crippen molar-refractivity contribution in [2.24, 2.45) is 11.3 Å². The van der Waals surface area contributed by atoms with Crippen LogP contribution >= 0.6 is 0 Å². The lowest BCUT2D eigenvalue weighted by atomic mass is 9.79. The van der Waals surface area contributed by atoms with Gasteiger partial charge in [0, 0.05) is 38.0 Å². The Bertz CT molecular complexity index is 640. The highest BCUT2D eigenvalue weighted by atomic mass is 19.1. The summed E-state index contributed by atoms with van der Waals surface area (Å²) in [6, 6.07) is 6.89. The molecule has 3 aliphatic rings. The first-order valence-electron chi connectivity index (χ1n) is 10.9. The van der Waals surface area contributed by atoms with Crippen molar-refractivity contribution in [3.63, 3.8) is 0 Å². The SMILES string of the molecule is O=C(CC1CCCCC1)N1CCC2(CCCN(Cc3ccc(F)cc3)C2)C1. The Morgan fingerprint density at radius 1 is 1.00 bits per heavy atom. The number of amides is 1. The summed E-state index contributed by atoms with van der Waals surface area (Å²) in [5.74, 6) is 0.857. The zero-order valence-corrected chi connectivity index (χ0v) is 16.5. The van der Waals surface area contributed by atoms with Gasteiger partial charge in [0.15, 0.2) is 0 Å². The number of hydrogen-bond acceptors (Lipinski definition) is 2. The van der Waals surface area contributed by atoms with Gasteiger partial charge in [0.1, 0.15) is 5.82 Å². The van der Waals surface area contributed by atoms with E-state index >= 15 is 0 Å². The van der Waals surface area contributed by atoms with Gasteiger partial charge < -0.3 is 4.90 Å². The number of hydrogen-bond donors (Lipinski definition) is 0. The van der Waals surface area contributed by atoms with Crippen LogP contribution in [0, 0.1) is 17.2 Å². The maximum atomic E-state index is 13.1. The van der Waals surface area contributed by atoms with Gasteiger partial charge in [-0.1, -0.05) is 31.4 Å². The number of nitrogens with zero attached hydrogens (tertiary/aromatic N) is 2. The molecule has 1 aromatic rings.